The third kappa shape index (κ3) is 60.3. The van der Waals surface area contributed by atoms with E-state index >= 15 is 0 Å². The Morgan fingerprint density at radius 2 is 0.520 bits per heavy atom. The van der Waals surface area contributed by atoms with Crippen LogP contribution in [-0.2, 0) is 28.6 Å². The minimum absolute atomic E-state index is 0.101. The summed E-state index contributed by atoms with van der Waals surface area (Å²) in [6.07, 6.45) is 87.2. The monoisotopic (exact) mass is 1040 g/mol. The molecule has 0 fully saturated rings. The second-order valence-corrected chi connectivity index (χ2v) is 19.8. The molecule has 1 unspecified atom stereocenters. The molecular weight excluding hydrogens is 925 g/mol. The molecule has 0 bridgehead atoms. The Kier molecular flexibility index (Phi) is 58.4. The molecule has 0 N–H and O–H groups in total. The van der Waals surface area contributed by atoms with Crippen LogP contribution < -0.4 is 0 Å². The van der Waals surface area contributed by atoms with Gasteiger partial charge in [0, 0.05) is 19.3 Å². The van der Waals surface area contributed by atoms with E-state index in [4.69, 9.17) is 14.2 Å². The molecule has 0 aromatic carbocycles. The lowest BCUT2D eigenvalue weighted by Gasteiger charge is -2.18. The smallest absolute Gasteiger partial charge is 0.306 e. The van der Waals surface area contributed by atoms with E-state index in [-0.39, 0.29) is 31.1 Å². The first-order valence-electron chi connectivity index (χ1n) is 30.7. The summed E-state index contributed by atoms with van der Waals surface area (Å²) in [5.41, 5.74) is 0. The predicted molar refractivity (Wildman–Crippen MR) is 325 cm³/mol. The van der Waals surface area contributed by atoms with Gasteiger partial charge < -0.3 is 14.2 Å². The molecule has 0 saturated heterocycles. The highest BCUT2D eigenvalue weighted by Crippen LogP contribution is 2.14. The number of unbranched alkanes of at least 4 members (excludes halogenated alkanes) is 21. The third-order valence-electron chi connectivity index (χ3n) is 12.6. The molecule has 0 aromatic rings. The van der Waals surface area contributed by atoms with E-state index in [2.05, 4.69) is 154 Å². The highest BCUT2D eigenvalue weighted by molar-refractivity contribution is 5.71. The lowest BCUT2D eigenvalue weighted by Crippen LogP contribution is -2.30. The SMILES string of the molecule is CC/C=C\C/C=C\C/C=C\C/C=C\C/C=C\CCCCCC(=O)OCC(COC(=O)CCCCCCCCCCC/C=C\C/C=C\CCCCC)OC(=O)CCCCCCCC/C=C\C/C=C\C/C=C\C/C=C\CC. The second kappa shape index (κ2) is 62.1. The number of carbonyl (C=O) groups is 3. The first-order valence-corrected chi connectivity index (χ1v) is 30.7. The number of allylic oxidation sites excluding steroid dienone is 22. The Morgan fingerprint density at radius 1 is 0.280 bits per heavy atom. The molecule has 0 amide bonds. The summed E-state index contributed by atoms with van der Waals surface area (Å²) in [5, 5.41) is 0. The minimum Gasteiger partial charge on any atom is -0.462 e. The summed E-state index contributed by atoms with van der Waals surface area (Å²) in [4.78, 5) is 38.3. The molecule has 0 aliphatic rings. The first-order chi connectivity index (χ1) is 37.0. The van der Waals surface area contributed by atoms with Gasteiger partial charge >= 0.3 is 17.9 Å². The lowest BCUT2D eigenvalue weighted by molar-refractivity contribution is -0.167. The third-order valence-corrected chi connectivity index (χ3v) is 12.6. The van der Waals surface area contributed by atoms with Gasteiger partial charge in [-0.2, -0.15) is 0 Å². The van der Waals surface area contributed by atoms with Crippen LogP contribution in [0, 0.1) is 0 Å². The minimum atomic E-state index is -0.808. The van der Waals surface area contributed by atoms with Gasteiger partial charge in [-0.25, -0.2) is 0 Å². The summed E-state index contributed by atoms with van der Waals surface area (Å²) in [6, 6.07) is 0. The molecule has 6 heteroatoms. The summed E-state index contributed by atoms with van der Waals surface area (Å²) in [7, 11) is 0. The zero-order chi connectivity index (χ0) is 54.3. The lowest BCUT2D eigenvalue weighted by atomic mass is 10.1. The van der Waals surface area contributed by atoms with Gasteiger partial charge in [0.15, 0.2) is 6.10 Å². The maximum absolute atomic E-state index is 12.9. The van der Waals surface area contributed by atoms with Gasteiger partial charge in [-0.1, -0.05) is 244 Å². The van der Waals surface area contributed by atoms with Crippen molar-refractivity contribution in [1.29, 1.82) is 0 Å². The van der Waals surface area contributed by atoms with Crippen molar-refractivity contribution < 1.29 is 28.6 Å². The zero-order valence-corrected chi connectivity index (χ0v) is 48.5. The predicted octanol–water partition coefficient (Wildman–Crippen LogP) is 21.0. The molecule has 0 aliphatic carbocycles. The molecule has 1 atom stereocenters. The van der Waals surface area contributed by atoms with E-state index in [1.54, 1.807) is 0 Å². The van der Waals surface area contributed by atoms with E-state index in [1.807, 2.05) is 0 Å². The van der Waals surface area contributed by atoms with Crippen LogP contribution in [0.5, 0.6) is 0 Å². The van der Waals surface area contributed by atoms with E-state index in [1.165, 1.54) is 83.5 Å². The summed E-state index contributed by atoms with van der Waals surface area (Å²) < 4.78 is 16.9. The average molecular weight is 1040 g/mol. The molecule has 0 radical (unpaired) electrons. The standard InChI is InChI=1S/C69H112O6/c1-4-7-10-13-16-19-22-25-28-31-34-37-40-43-46-49-52-55-58-61-67(70)73-64-66(75-69(72)63-60-57-54-51-48-45-42-39-36-33-30-27-24-21-18-15-12-9-6-3)65-74-68(71)62-59-56-53-50-47-44-41-38-35-32-29-26-23-20-17-14-11-8-5-2/h7,9-10,12,16-21,25-30,34,36-37,39,43,46,66H,4-6,8,11,13-15,22-24,31-33,35,38,40-42,44-45,47-65H2,1-3H3/b10-7-,12-9-,19-16-,20-17-,21-18-,28-25-,29-26-,30-27-,37-34-,39-36-,46-43-. The molecule has 0 rings (SSSR count). The van der Waals surface area contributed by atoms with Crippen LogP contribution in [0.3, 0.4) is 0 Å². The fourth-order valence-corrected chi connectivity index (χ4v) is 8.08. The molecular formula is C69H112O6. The molecule has 0 aliphatic heterocycles. The molecule has 0 saturated carbocycles. The highest BCUT2D eigenvalue weighted by Gasteiger charge is 2.19. The maximum atomic E-state index is 12.9. The van der Waals surface area contributed by atoms with Crippen molar-refractivity contribution in [3.05, 3.63) is 134 Å². The van der Waals surface area contributed by atoms with Crippen LogP contribution in [0.25, 0.3) is 0 Å². The van der Waals surface area contributed by atoms with Gasteiger partial charge in [0.05, 0.1) is 0 Å². The topological polar surface area (TPSA) is 78.9 Å². The van der Waals surface area contributed by atoms with Gasteiger partial charge in [-0.05, 0) is 135 Å². The number of rotatable bonds is 54. The number of ether oxygens (including phenoxy) is 3. The van der Waals surface area contributed by atoms with Gasteiger partial charge in [-0.15, -0.1) is 0 Å². The van der Waals surface area contributed by atoms with E-state index < -0.39 is 6.10 Å². The van der Waals surface area contributed by atoms with Crippen LogP contribution in [0.1, 0.15) is 265 Å². The fourth-order valence-electron chi connectivity index (χ4n) is 8.08. The number of hydrogen-bond acceptors (Lipinski definition) is 6. The van der Waals surface area contributed by atoms with Crippen molar-refractivity contribution in [2.24, 2.45) is 0 Å². The van der Waals surface area contributed by atoms with Crippen LogP contribution in [0.15, 0.2) is 134 Å². The van der Waals surface area contributed by atoms with Gasteiger partial charge in [-0.3, -0.25) is 14.4 Å². The Morgan fingerprint density at radius 3 is 0.827 bits per heavy atom. The Bertz CT molecular complexity index is 1620. The van der Waals surface area contributed by atoms with Crippen molar-refractivity contribution in [2.75, 3.05) is 13.2 Å². The maximum Gasteiger partial charge on any atom is 0.306 e. The van der Waals surface area contributed by atoms with E-state index in [0.29, 0.717) is 19.3 Å². The van der Waals surface area contributed by atoms with Gasteiger partial charge in [0.25, 0.3) is 0 Å². The van der Waals surface area contributed by atoms with Crippen LogP contribution >= 0.6 is 0 Å². The van der Waals surface area contributed by atoms with Crippen LogP contribution in [0.4, 0.5) is 0 Å². The molecule has 6 nitrogen and oxygen atoms in total. The van der Waals surface area contributed by atoms with E-state index in [9.17, 15) is 14.4 Å². The highest BCUT2D eigenvalue weighted by atomic mass is 16.6. The fraction of sp³-hybridized carbons (Fsp3) is 0.638. The van der Waals surface area contributed by atoms with Crippen molar-refractivity contribution in [3.8, 4) is 0 Å². The summed E-state index contributed by atoms with van der Waals surface area (Å²) >= 11 is 0. The number of carbonyl (C=O) groups excluding carboxylic acids is 3. The van der Waals surface area contributed by atoms with Gasteiger partial charge in [0.1, 0.15) is 13.2 Å². The molecule has 0 aromatic heterocycles. The summed E-state index contributed by atoms with van der Waals surface area (Å²) in [6.45, 7) is 6.35. The van der Waals surface area contributed by atoms with Crippen LogP contribution in [0.2, 0.25) is 0 Å². The second-order valence-electron chi connectivity index (χ2n) is 19.8. The Balaban J connectivity index is 4.50. The Hall–Kier alpha value is -4.45. The van der Waals surface area contributed by atoms with Crippen molar-refractivity contribution in [2.45, 2.75) is 271 Å². The van der Waals surface area contributed by atoms with Crippen molar-refractivity contribution >= 4 is 17.9 Å². The van der Waals surface area contributed by atoms with Crippen molar-refractivity contribution in [1.82, 2.24) is 0 Å². The molecule has 0 spiro atoms. The zero-order valence-electron chi connectivity index (χ0n) is 48.5. The number of hydrogen-bond donors (Lipinski definition) is 0. The summed E-state index contributed by atoms with van der Waals surface area (Å²) in [5.74, 6) is -0.952. The first kappa shape index (κ1) is 70.5. The normalized spacial score (nSPS) is 13.1. The van der Waals surface area contributed by atoms with E-state index in [0.717, 1.165) is 141 Å². The quantitative estimate of drug-likeness (QED) is 0.0261. The number of esters is 3. The average Bonchev–Trinajstić information content (AvgIpc) is 3.41. The molecule has 75 heavy (non-hydrogen) atoms. The molecule has 0 heterocycles. The molecule has 424 valence electrons. The van der Waals surface area contributed by atoms with Crippen LogP contribution in [-0.4, -0.2) is 37.2 Å². The van der Waals surface area contributed by atoms with Crippen molar-refractivity contribution in [3.63, 3.8) is 0 Å². The van der Waals surface area contributed by atoms with Gasteiger partial charge in [0.2, 0.25) is 0 Å². The largest absolute Gasteiger partial charge is 0.462 e. The Labute approximate surface area is 462 Å².